The van der Waals surface area contributed by atoms with Gasteiger partial charge in [0.1, 0.15) is 12.1 Å². The van der Waals surface area contributed by atoms with Gasteiger partial charge in [-0.05, 0) is 5.56 Å². The molecule has 0 N–H and O–H groups in total. The van der Waals surface area contributed by atoms with Crippen LogP contribution in [0.4, 0.5) is 0 Å². The number of carbonyl (C=O) groups excluding carboxylic acids is 2. The van der Waals surface area contributed by atoms with Crippen molar-refractivity contribution in [2.75, 3.05) is 0 Å². The molecule has 1 aromatic carbocycles. The summed E-state index contributed by atoms with van der Waals surface area (Å²) < 4.78 is 0. The van der Waals surface area contributed by atoms with Crippen molar-refractivity contribution in [3.63, 3.8) is 0 Å². The fraction of sp³-hybridized carbons (Fsp3) is 0.273. The lowest BCUT2D eigenvalue weighted by molar-refractivity contribution is -0.120. The van der Waals surface area contributed by atoms with Crippen LogP contribution in [0, 0.1) is 0 Å². The number of carbonyl (C=O) groups is 2. The molecule has 0 heterocycles. The number of rotatable bonds is 5. The molecule has 0 saturated carbocycles. The average molecular weight is 176 g/mol. The predicted octanol–water partition coefficient (Wildman–Crippen LogP) is 1.78. The summed E-state index contributed by atoms with van der Waals surface area (Å²) in [4.78, 5) is 21.2. The van der Waals surface area contributed by atoms with Gasteiger partial charge < -0.3 is 4.79 Å². The standard InChI is InChI=1S/C11H12O2/c12-8-4-7-11(13)9-10-5-2-1-3-6-10/h1-3,5-6,8H,4,7,9H2. The van der Waals surface area contributed by atoms with Gasteiger partial charge in [0.25, 0.3) is 0 Å². The van der Waals surface area contributed by atoms with Crippen LogP contribution < -0.4 is 0 Å². The van der Waals surface area contributed by atoms with E-state index in [1.54, 1.807) is 0 Å². The lowest BCUT2D eigenvalue weighted by Crippen LogP contribution is -2.02. The van der Waals surface area contributed by atoms with E-state index >= 15 is 0 Å². The third-order valence-electron chi connectivity index (χ3n) is 1.79. The summed E-state index contributed by atoms with van der Waals surface area (Å²) in [6.45, 7) is 0. The van der Waals surface area contributed by atoms with Crippen LogP contribution in [0.25, 0.3) is 0 Å². The van der Waals surface area contributed by atoms with Crippen LogP contribution in [0.2, 0.25) is 0 Å². The van der Waals surface area contributed by atoms with E-state index in [4.69, 9.17) is 0 Å². The third kappa shape index (κ3) is 3.65. The zero-order valence-electron chi connectivity index (χ0n) is 7.40. The van der Waals surface area contributed by atoms with Crippen LogP contribution in [0.15, 0.2) is 30.3 Å². The van der Waals surface area contributed by atoms with Crippen LogP contribution in [0.1, 0.15) is 18.4 Å². The molecule has 0 aliphatic heterocycles. The lowest BCUT2D eigenvalue weighted by Gasteiger charge is -1.97. The number of hydrogen-bond donors (Lipinski definition) is 0. The Bertz CT molecular complexity index is 277. The quantitative estimate of drug-likeness (QED) is 0.641. The van der Waals surface area contributed by atoms with Crippen molar-refractivity contribution in [3.8, 4) is 0 Å². The maximum atomic E-state index is 11.2. The lowest BCUT2D eigenvalue weighted by atomic mass is 10.1. The Labute approximate surface area is 77.6 Å². The Morgan fingerprint density at radius 1 is 1.23 bits per heavy atom. The fourth-order valence-electron chi connectivity index (χ4n) is 1.13. The van der Waals surface area contributed by atoms with Crippen molar-refractivity contribution >= 4 is 12.1 Å². The van der Waals surface area contributed by atoms with Crippen molar-refractivity contribution < 1.29 is 9.59 Å². The van der Waals surface area contributed by atoms with Crippen molar-refractivity contribution in [2.24, 2.45) is 0 Å². The molecule has 1 rings (SSSR count). The van der Waals surface area contributed by atoms with E-state index in [1.807, 2.05) is 30.3 Å². The second-order valence-corrected chi connectivity index (χ2v) is 2.91. The van der Waals surface area contributed by atoms with Crippen LogP contribution in [0.3, 0.4) is 0 Å². The zero-order chi connectivity index (χ0) is 9.52. The van der Waals surface area contributed by atoms with E-state index < -0.39 is 0 Å². The van der Waals surface area contributed by atoms with E-state index in [0.717, 1.165) is 11.8 Å². The van der Waals surface area contributed by atoms with Gasteiger partial charge in [-0.25, -0.2) is 0 Å². The minimum atomic E-state index is 0.123. The van der Waals surface area contributed by atoms with Gasteiger partial charge in [0.2, 0.25) is 0 Å². The molecule has 0 aromatic heterocycles. The highest BCUT2D eigenvalue weighted by Gasteiger charge is 2.01. The maximum Gasteiger partial charge on any atom is 0.137 e. The molecule has 68 valence electrons. The van der Waals surface area contributed by atoms with Crippen LogP contribution in [-0.2, 0) is 16.0 Å². The van der Waals surface area contributed by atoms with Gasteiger partial charge in [0.15, 0.2) is 0 Å². The summed E-state index contributed by atoms with van der Waals surface area (Å²) in [5.41, 5.74) is 1.01. The molecule has 0 aliphatic carbocycles. The molecule has 0 bridgehead atoms. The first-order valence-corrected chi connectivity index (χ1v) is 4.32. The smallest absolute Gasteiger partial charge is 0.137 e. The fourth-order valence-corrected chi connectivity index (χ4v) is 1.13. The van der Waals surface area contributed by atoms with Crippen molar-refractivity contribution in [3.05, 3.63) is 35.9 Å². The molecule has 1 aromatic rings. The monoisotopic (exact) mass is 176 g/mol. The largest absolute Gasteiger partial charge is 0.303 e. The second kappa shape index (κ2) is 5.25. The van der Waals surface area contributed by atoms with E-state index in [9.17, 15) is 9.59 Å². The number of aldehydes is 1. The van der Waals surface area contributed by atoms with Crippen LogP contribution in [0.5, 0.6) is 0 Å². The molecule has 0 unspecified atom stereocenters. The first-order chi connectivity index (χ1) is 6.33. The number of ketones is 1. The van der Waals surface area contributed by atoms with Gasteiger partial charge in [-0.2, -0.15) is 0 Å². The van der Waals surface area contributed by atoms with Gasteiger partial charge in [-0.3, -0.25) is 4.79 Å². The summed E-state index contributed by atoms with van der Waals surface area (Å²) in [5.74, 6) is 0.123. The number of benzene rings is 1. The van der Waals surface area contributed by atoms with E-state index in [1.165, 1.54) is 0 Å². The number of Topliss-reactive ketones (excluding diaryl/α,β-unsaturated/α-hetero) is 1. The normalized spacial score (nSPS) is 9.54. The highest BCUT2D eigenvalue weighted by molar-refractivity contribution is 5.82. The molecule has 0 radical (unpaired) electrons. The topological polar surface area (TPSA) is 34.1 Å². The first-order valence-electron chi connectivity index (χ1n) is 4.32. The van der Waals surface area contributed by atoms with E-state index in [2.05, 4.69) is 0 Å². The summed E-state index contributed by atoms with van der Waals surface area (Å²) in [5, 5.41) is 0. The summed E-state index contributed by atoms with van der Waals surface area (Å²) in [6, 6.07) is 9.56. The minimum Gasteiger partial charge on any atom is -0.303 e. The average Bonchev–Trinajstić information content (AvgIpc) is 2.16. The molecule has 2 nitrogen and oxygen atoms in total. The summed E-state index contributed by atoms with van der Waals surface area (Å²) in [7, 11) is 0. The third-order valence-corrected chi connectivity index (χ3v) is 1.79. The minimum absolute atomic E-state index is 0.123. The van der Waals surface area contributed by atoms with Crippen LogP contribution in [-0.4, -0.2) is 12.1 Å². The zero-order valence-corrected chi connectivity index (χ0v) is 7.40. The molecule has 0 spiro atoms. The highest BCUT2D eigenvalue weighted by Crippen LogP contribution is 2.02. The van der Waals surface area contributed by atoms with Gasteiger partial charge in [0.05, 0.1) is 0 Å². The Morgan fingerprint density at radius 3 is 2.54 bits per heavy atom. The first kappa shape index (κ1) is 9.65. The van der Waals surface area contributed by atoms with Gasteiger partial charge in [0, 0.05) is 19.3 Å². The molecule has 2 heteroatoms. The predicted molar refractivity (Wildman–Crippen MR) is 50.5 cm³/mol. The van der Waals surface area contributed by atoms with Crippen LogP contribution >= 0.6 is 0 Å². The molecule has 0 atom stereocenters. The Morgan fingerprint density at radius 2 is 1.92 bits per heavy atom. The van der Waals surface area contributed by atoms with Crippen molar-refractivity contribution in [1.82, 2.24) is 0 Å². The van der Waals surface area contributed by atoms with E-state index in [0.29, 0.717) is 19.3 Å². The molecule has 0 fully saturated rings. The number of hydrogen-bond acceptors (Lipinski definition) is 2. The summed E-state index contributed by atoms with van der Waals surface area (Å²) in [6.07, 6.45) is 1.92. The SMILES string of the molecule is O=CCCC(=O)Cc1ccccc1. The highest BCUT2D eigenvalue weighted by atomic mass is 16.1. The van der Waals surface area contributed by atoms with Crippen molar-refractivity contribution in [2.45, 2.75) is 19.3 Å². The molecular formula is C11H12O2. The Kier molecular flexibility index (Phi) is 3.89. The molecule has 0 amide bonds. The molecule has 13 heavy (non-hydrogen) atoms. The molecule has 0 aliphatic rings. The maximum absolute atomic E-state index is 11.2. The Hall–Kier alpha value is -1.44. The molecule has 0 saturated heterocycles. The summed E-state index contributed by atoms with van der Waals surface area (Å²) >= 11 is 0. The van der Waals surface area contributed by atoms with Crippen molar-refractivity contribution in [1.29, 1.82) is 0 Å². The van der Waals surface area contributed by atoms with E-state index in [-0.39, 0.29) is 5.78 Å². The second-order valence-electron chi connectivity index (χ2n) is 2.91. The van der Waals surface area contributed by atoms with Gasteiger partial charge >= 0.3 is 0 Å². The Balaban J connectivity index is 2.41. The van der Waals surface area contributed by atoms with Gasteiger partial charge in [-0.1, -0.05) is 30.3 Å². The molecular weight excluding hydrogens is 164 g/mol. The van der Waals surface area contributed by atoms with Gasteiger partial charge in [-0.15, -0.1) is 0 Å².